The summed E-state index contributed by atoms with van der Waals surface area (Å²) in [5.41, 5.74) is 0.686. The van der Waals surface area contributed by atoms with E-state index in [2.05, 4.69) is 10.4 Å². The van der Waals surface area contributed by atoms with Crippen molar-refractivity contribution < 1.29 is 13.7 Å². The molecule has 1 aromatic carbocycles. The average Bonchev–Trinajstić information content (AvgIpc) is 2.63. The summed E-state index contributed by atoms with van der Waals surface area (Å²) < 4.78 is 27.5. The molecule has 0 aliphatic rings. The molecule has 0 radical (unpaired) electrons. The second-order valence-corrected chi connectivity index (χ2v) is 4.62. The van der Waals surface area contributed by atoms with Gasteiger partial charge in [0.25, 0.3) is 0 Å². The van der Waals surface area contributed by atoms with Crippen LogP contribution >= 0.6 is 0 Å². The third-order valence-corrected chi connectivity index (χ3v) is 3.00. The molecule has 6 nitrogen and oxygen atoms in total. The molecule has 2 rings (SSSR count). The van der Waals surface area contributed by atoms with Crippen molar-refractivity contribution in [2.75, 3.05) is 11.9 Å². The van der Waals surface area contributed by atoms with Crippen LogP contribution in [0, 0.1) is 28.7 Å². The summed E-state index contributed by atoms with van der Waals surface area (Å²) in [7, 11) is 1.59. The molecule has 112 valence electrons. The number of hydrogen-bond acceptors (Lipinski definition) is 4. The van der Waals surface area contributed by atoms with Gasteiger partial charge in [0.2, 0.25) is 5.82 Å². The third kappa shape index (κ3) is 3.33. The van der Waals surface area contributed by atoms with E-state index in [0.29, 0.717) is 24.2 Å². The van der Waals surface area contributed by atoms with Crippen LogP contribution in [-0.4, -0.2) is 21.2 Å². The van der Waals surface area contributed by atoms with E-state index in [0.717, 1.165) is 6.07 Å². The molecule has 21 heavy (non-hydrogen) atoms. The van der Waals surface area contributed by atoms with Crippen LogP contribution in [0.2, 0.25) is 0 Å². The topological polar surface area (TPSA) is 73.0 Å². The Morgan fingerprint density at radius 2 is 1.95 bits per heavy atom. The summed E-state index contributed by atoms with van der Waals surface area (Å²) in [5.74, 6) is -1.02. The third-order valence-electron chi connectivity index (χ3n) is 3.00. The summed E-state index contributed by atoms with van der Waals surface area (Å²) in [6.45, 7) is 1.84. The van der Waals surface area contributed by atoms with E-state index in [1.165, 1.54) is 16.8 Å². The number of benzene rings is 1. The first-order valence-corrected chi connectivity index (χ1v) is 6.25. The second-order valence-electron chi connectivity index (χ2n) is 4.62. The average molecular weight is 296 g/mol. The molecule has 1 heterocycles. The zero-order valence-electron chi connectivity index (χ0n) is 11.6. The van der Waals surface area contributed by atoms with Crippen LogP contribution in [0.25, 0.3) is 0 Å². The number of halogens is 2. The van der Waals surface area contributed by atoms with Gasteiger partial charge in [-0.15, -0.1) is 0 Å². The SMILES string of the molecule is Cc1nn(C)c(NCCc2cc(F)cc(F)c2)c1[N+](=O)[O-]. The Bertz CT molecular complexity index is 665. The van der Waals surface area contributed by atoms with E-state index in [1.54, 1.807) is 14.0 Å². The highest BCUT2D eigenvalue weighted by atomic mass is 19.1. The van der Waals surface area contributed by atoms with Crippen LogP contribution < -0.4 is 5.32 Å². The van der Waals surface area contributed by atoms with Crippen LogP contribution in [0.3, 0.4) is 0 Å². The van der Waals surface area contributed by atoms with Crippen molar-refractivity contribution in [2.24, 2.45) is 7.05 Å². The maximum absolute atomic E-state index is 13.1. The largest absolute Gasteiger partial charge is 0.364 e. The molecular formula is C13H14F2N4O2. The standard InChI is InChI=1S/C13H14F2N4O2/c1-8-12(19(20)21)13(18(2)17-8)16-4-3-9-5-10(14)7-11(15)6-9/h5-7,16H,3-4H2,1-2H3. The van der Waals surface area contributed by atoms with Gasteiger partial charge in [0.1, 0.15) is 17.3 Å². The minimum Gasteiger partial charge on any atom is -0.364 e. The predicted octanol–water partition coefficient (Wildman–Crippen LogP) is 2.57. The van der Waals surface area contributed by atoms with Gasteiger partial charge in [-0.05, 0) is 31.0 Å². The lowest BCUT2D eigenvalue weighted by atomic mass is 10.1. The molecule has 0 fully saturated rings. The van der Waals surface area contributed by atoms with E-state index in [-0.39, 0.29) is 11.5 Å². The lowest BCUT2D eigenvalue weighted by Crippen LogP contribution is -2.10. The van der Waals surface area contributed by atoms with Gasteiger partial charge in [0.15, 0.2) is 0 Å². The fourth-order valence-corrected chi connectivity index (χ4v) is 2.14. The highest BCUT2D eigenvalue weighted by molar-refractivity contribution is 5.59. The van der Waals surface area contributed by atoms with E-state index in [4.69, 9.17) is 0 Å². The number of aromatic nitrogens is 2. The number of hydrogen-bond donors (Lipinski definition) is 1. The maximum atomic E-state index is 13.1. The highest BCUT2D eigenvalue weighted by Gasteiger charge is 2.23. The van der Waals surface area contributed by atoms with Crippen LogP contribution in [0.15, 0.2) is 18.2 Å². The van der Waals surface area contributed by atoms with Gasteiger partial charge in [-0.3, -0.25) is 10.1 Å². The zero-order valence-corrected chi connectivity index (χ0v) is 11.6. The van der Waals surface area contributed by atoms with Crippen LogP contribution in [0.4, 0.5) is 20.3 Å². The molecule has 0 saturated heterocycles. The summed E-state index contributed by atoms with van der Waals surface area (Å²) in [6.07, 6.45) is 0.329. The van der Waals surface area contributed by atoms with Gasteiger partial charge in [-0.25, -0.2) is 13.5 Å². The number of nitro groups is 1. The Morgan fingerprint density at radius 1 is 1.33 bits per heavy atom. The molecule has 8 heteroatoms. The van der Waals surface area contributed by atoms with Crippen molar-refractivity contribution >= 4 is 11.5 Å². The molecule has 1 N–H and O–H groups in total. The van der Waals surface area contributed by atoms with Crippen LogP contribution in [0.5, 0.6) is 0 Å². The monoisotopic (exact) mass is 296 g/mol. The molecule has 0 saturated carbocycles. The summed E-state index contributed by atoms with van der Waals surface area (Å²) in [5, 5.41) is 17.9. The van der Waals surface area contributed by atoms with Crippen molar-refractivity contribution in [3.8, 4) is 0 Å². The molecule has 0 spiro atoms. The molecule has 2 aromatic rings. The minimum absolute atomic E-state index is 0.0945. The molecular weight excluding hydrogens is 282 g/mol. The lowest BCUT2D eigenvalue weighted by Gasteiger charge is -2.06. The number of nitrogens with zero attached hydrogens (tertiary/aromatic N) is 3. The Morgan fingerprint density at radius 3 is 2.52 bits per heavy atom. The van der Waals surface area contributed by atoms with E-state index in [1.807, 2.05) is 0 Å². The Balaban J connectivity index is 2.09. The molecule has 0 bridgehead atoms. The molecule has 0 atom stereocenters. The smallest absolute Gasteiger partial charge is 0.333 e. The summed E-state index contributed by atoms with van der Waals surface area (Å²) >= 11 is 0. The van der Waals surface area contributed by atoms with Gasteiger partial charge in [0, 0.05) is 19.7 Å². The quantitative estimate of drug-likeness (QED) is 0.680. The first-order valence-electron chi connectivity index (χ1n) is 6.25. The number of anilines is 1. The Kier molecular flexibility index (Phi) is 4.15. The highest BCUT2D eigenvalue weighted by Crippen LogP contribution is 2.27. The van der Waals surface area contributed by atoms with E-state index in [9.17, 15) is 18.9 Å². The first-order chi connectivity index (χ1) is 9.88. The zero-order chi connectivity index (χ0) is 15.6. The van der Waals surface area contributed by atoms with Gasteiger partial charge < -0.3 is 5.32 Å². The van der Waals surface area contributed by atoms with E-state index >= 15 is 0 Å². The summed E-state index contributed by atoms with van der Waals surface area (Å²) in [4.78, 5) is 10.5. The Hall–Kier alpha value is -2.51. The van der Waals surface area contributed by atoms with Gasteiger partial charge in [-0.1, -0.05) is 0 Å². The lowest BCUT2D eigenvalue weighted by molar-refractivity contribution is -0.384. The second kappa shape index (κ2) is 5.86. The van der Waals surface area contributed by atoms with E-state index < -0.39 is 16.6 Å². The van der Waals surface area contributed by atoms with Gasteiger partial charge in [0.05, 0.1) is 4.92 Å². The normalized spacial score (nSPS) is 10.7. The van der Waals surface area contributed by atoms with Crippen molar-refractivity contribution in [3.05, 3.63) is 51.2 Å². The predicted molar refractivity (Wildman–Crippen MR) is 73.2 cm³/mol. The molecule has 1 aromatic heterocycles. The van der Waals surface area contributed by atoms with Gasteiger partial charge in [-0.2, -0.15) is 5.10 Å². The molecule has 0 aliphatic carbocycles. The maximum Gasteiger partial charge on any atom is 0.333 e. The fourth-order valence-electron chi connectivity index (χ4n) is 2.14. The molecule has 0 amide bonds. The van der Waals surface area contributed by atoms with Crippen molar-refractivity contribution in [3.63, 3.8) is 0 Å². The summed E-state index contributed by atoms with van der Waals surface area (Å²) in [6, 6.07) is 3.26. The fraction of sp³-hybridized carbons (Fsp3) is 0.308. The molecule has 0 unspecified atom stereocenters. The first kappa shape index (κ1) is 14.9. The number of rotatable bonds is 5. The Labute approximate surface area is 119 Å². The van der Waals surface area contributed by atoms with Crippen LogP contribution in [0.1, 0.15) is 11.3 Å². The van der Waals surface area contributed by atoms with Gasteiger partial charge >= 0.3 is 5.69 Å². The van der Waals surface area contributed by atoms with Crippen molar-refractivity contribution in [1.82, 2.24) is 9.78 Å². The number of aryl methyl sites for hydroxylation is 2. The molecule has 0 aliphatic heterocycles. The van der Waals surface area contributed by atoms with Crippen LogP contribution in [-0.2, 0) is 13.5 Å². The number of nitrogens with one attached hydrogen (secondary N) is 1. The van der Waals surface area contributed by atoms with Crippen molar-refractivity contribution in [2.45, 2.75) is 13.3 Å². The van der Waals surface area contributed by atoms with Crippen molar-refractivity contribution in [1.29, 1.82) is 0 Å². The minimum atomic E-state index is -0.646.